The lowest BCUT2D eigenvalue weighted by Crippen LogP contribution is -2.65. The Balaban J connectivity index is 1.59. The molecule has 2 aliphatic carbocycles. The van der Waals surface area contributed by atoms with Gasteiger partial charge in [0.05, 0.1) is 6.54 Å². The Bertz CT molecular complexity index is 724. The van der Waals surface area contributed by atoms with Gasteiger partial charge in [-0.2, -0.15) is 0 Å². The smallest absolute Gasteiger partial charge is 0.291 e. The number of imide groups is 2. The van der Waals surface area contributed by atoms with Crippen molar-refractivity contribution in [3.05, 3.63) is 22.4 Å². The van der Waals surface area contributed by atoms with Gasteiger partial charge in [0, 0.05) is 23.2 Å². The molecule has 0 aromatic carbocycles. The van der Waals surface area contributed by atoms with E-state index in [1.807, 2.05) is 17.5 Å². The zero-order chi connectivity index (χ0) is 20.2. The zero-order valence-electron chi connectivity index (χ0n) is 16.8. The van der Waals surface area contributed by atoms with Gasteiger partial charge in [0.2, 0.25) is 11.8 Å². The number of barbiturate groups is 1. The lowest BCUT2D eigenvalue weighted by Gasteiger charge is -2.44. The van der Waals surface area contributed by atoms with E-state index < -0.39 is 5.92 Å². The van der Waals surface area contributed by atoms with E-state index in [-0.39, 0.29) is 29.9 Å². The van der Waals surface area contributed by atoms with E-state index >= 15 is 0 Å². The Kier molecular flexibility index (Phi) is 6.43. The van der Waals surface area contributed by atoms with Crippen LogP contribution in [0.4, 0.5) is 4.79 Å². The van der Waals surface area contributed by atoms with Crippen LogP contribution in [0.3, 0.4) is 0 Å². The summed E-state index contributed by atoms with van der Waals surface area (Å²) in [5.74, 6) is -1.74. The Morgan fingerprint density at radius 3 is 1.93 bits per heavy atom. The molecule has 6 nitrogen and oxygen atoms in total. The molecule has 29 heavy (non-hydrogen) atoms. The first-order valence-electron chi connectivity index (χ1n) is 10.9. The van der Waals surface area contributed by atoms with Gasteiger partial charge in [0.1, 0.15) is 0 Å². The second kappa shape index (κ2) is 9.20. The van der Waals surface area contributed by atoms with Crippen molar-refractivity contribution in [2.45, 2.75) is 82.8 Å². The fourth-order valence-electron chi connectivity index (χ4n) is 4.84. The number of hydrogen-bond acceptors (Lipinski definition) is 5. The molecule has 0 unspecified atom stereocenters. The van der Waals surface area contributed by atoms with Crippen LogP contribution >= 0.6 is 11.3 Å². The molecule has 4 amide bonds. The molecule has 4 rings (SSSR count). The van der Waals surface area contributed by atoms with Crippen molar-refractivity contribution in [3.8, 4) is 0 Å². The SMILES string of the molecule is O=C1C(C=NCc2cccs2)C(=O)N(C2CCCCC2)C(=O)N1C1CCCCC1. The third-order valence-corrected chi connectivity index (χ3v) is 7.24. The fraction of sp³-hybridized carbons (Fsp3) is 0.636. The van der Waals surface area contributed by atoms with Crippen LogP contribution < -0.4 is 0 Å². The summed E-state index contributed by atoms with van der Waals surface area (Å²) in [7, 11) is 0. The Labute approximate surface area is 176 Å². The molecule has 1 aliphatic heterocycles. The van der Waals surface area contributed by atoms with Crippen LogP contribution in [0.25, 0.3) is 0 Å². The van der Waals surface area contributed by atoms with E-state index in [2.05, 4.69) is 4.99 Å². The van der Waals surface area contributed by atoms with Crippen LogP contribution in [-0.4, -0.2) is 45.9 Å². The van der Waals surface area contributed by atoms with E-state index in [1.54, 1.807) is 11.3 Å². The monoisotopic (exact) mass is 415 g/mol. The van der Waals surface area contributed by atoms with Crippen molar-refractivity contribution >= 4 is 35.4 Å². The Morgan fingerprint density at radius 2 is 1.45 bits per heavy atom. The molecular weight excluding hydrogens is 386 g/mol. The molecule has 0 N–H and O–H groups in total. The van der Waals surface area contributed by atoms with Crippen molar-refractivity contribution in [3.63, 3.8) is 0 Å². The first-order valence-corrected chi connectivity index (χ1v) is 11.8. The van der Waals surface area contributed by atoms with Crippen LogP contribution in [0.5, 0.6) is 0 Å². The minimum Gasteiger partial charge on any atom is -0.291 e. The lowest BCUT2D eigenvalue weighted by atomic mass is 9.90. The summed E-state index contributed by atoms with van der Waals surface area (Å²) in [4.78, 5) is 48.1. The van der Waals surface area contributed by atoms with Crippen molar-refractivity contribution in [2.75, 3.05) is 0 Å². The number of aliphatic imine (C=N–C) groups is 1. The van der Waals surface area contributed by atoms with Crippen molar-refractivity contribution in [1.82, 2.24) is 9.80 Å². The molecule has 1 saturated heterocycles. The van der Waals surface area contributed by atoms with Gasteiger partial charge in [0.15, 0.2) is 5.92 Å². The summed E-state index contributed by atoms with van der Waals surface area (Å²) in [6.07, 6.45) is 11.2. The summed E-state index contributed by atoms with van der Waals surface area (Å²) in [6.45, 7) is 0.454. The minimum atomic E-state index is -0.975. The second-order valence-electron chi connectivity index (χ2n) is 8.33. The molecule has 3 fully saturated rings. The lowest BCUT2D eigenvalue weighted by molar-refractivity contribution is -0.149. The van der Waals surface area contributed by atoms with Gasteiger partial charge in [-0.25, -0.2) is 4.79 Å². The van der Waals surface area contributed by atoms with Crippen molar-refractivity contribution in [2.24, 2.45) is 10.9 Å². The molecule has 1 aromatic rings. The predicted molar refractivity (Wildman–Crippen MR) is 113 cm³/mol. The molecular formula is C22H29N3O3S. The molecule has 2 saturated carbocycles. The van der Waals surface area contributed by atoms with Crippen molar-refractivity contribution in [1.29, 1.82) is 0 Å². The van der Waals surface area contributed by atoms with Crippen LogP contribution in [0.2, 0.25) is 0 Å². The van der Waals surface area contributed by atoms with Crippen LogP contribution in [-0.2, 0) is 16.1 Å². The standard InChI is InChI=1S/C22H29N3O3S/c26-20-19(15-23-14-18-12-7-13-29-18)21(27)25(17-10-5-2-6-11-17)22(28)24(20)16-8-3-1-4-9-16/h7,12-13,15-17,19H,1-6,8-11,14H2. The Hall–Kier alpha value is -2.02. The van der Waals surface area contributed by atoms with E-state index in [1.165, 1.54) is 16.0 Å². The summed E-state index contributed by atoms with van der Waals surface area (Å²) in [5, 5.41) is 1.98. The largest absolute Gasteiger partial charge is 0.333 e. The summed E-state index contributed by atoms with van der Waals surface area (Å²) >= 11 is 1.60. The van der Waals surface area contributed by atoms with Crippen LogP contribution in [0, 0.1) is 5.92 Å². The van der Waals surface area contributed by atoms with Crippen LogP contribution in [0.15, 0.2) is 22.5 Å². The third-order valence-electron chi connectivity index (χ3n) is 6.38. The number of rotatable bonds is 5. The number of thiophene rings is 1. The third kappa shape index (κ3) is 4.29. The normalized spacial score (nSPS) is 23.5. The van der Waals surface area contributed by atoms with Gasteiger partial charge in [-0.1, -0.05) is 44.6 Å². The van der Waals surface area contributed by atoms with Gasteiger partial charge in [-0.05, 0) is 37.1 Å². The topological polar surface area (TPSA) is 70.0 Å². The van der Waals surface area contributed by atoms with E-state index in [0.717, 1.165) is 69.1 Å². The highest BCUT2D eigenvalue weighted by atomic mass is 32.1. The van der Waals surface area contributed by atoms with Gasteiger partial charge in [-0.3, -0.25) is 24.4 Å². The number of urea groups is 1. The number of nitrogens with zero attached hydrogens (tertiary/aromatic N) is 3. The van der Waals surface area contributed by atoms with E-state index in [4.69, 9.17) is 0 Å². The highest BCUT2D eigenvalue weighted by Crippen LogP contribution is 2.32. The Morgan fingerprint density at radius 1 is 0.897 bits per heavy atom. The highest BCUT2D eigenvalue weighted by Gasteiger charge is 2.49. The van der Waals surface area contributed by atoms with E-state index in [9.17, 15) is 14.4 Å². The molecule has 1 aromatic heterocycles. The average molecular weight is 416 g/mol. The number of amides is 4. The number of hydrogen-bond donors (Lipinski definition) is 0. The second-order valence-corrected chi connectivity index (χ2v) is 9.36. The summed E-state index contributed by atoms with van der Waals surface area (Å²) in [5.41, 5.74) is 0. The minimum absolute atomic E-state index is 0.0869. The first kappa shape index (κ1) is 20.3. The first-order chi connectivity index (χ1) is 14.2. The molecule has 0 bridgehead atoms. The molecule has 2 heterocycles. The van der Waals surface area contributed by atoms with Gasteiger partial charge < -0.3 is 0 Å². The molecule has 0 spiro atoms. The fourth-order valence-corrected chi connectivity index (χ4v) is 5.48. The molecule has 0 radical (unpaired) electrons. The van der Waals surface area contributed by atoms with Crippen LogP contribution in [0.1, 0.15) is 69.1 Å². The maximum atomic E-state index is 13.3. The van der Waals surface area contributed by atoms with Gasteiger partial charge in [0.25, 0.3) is 0 Å². The average Bonchev–Trinajstić information content (AvgIpc) is 3.26. The quantitative estimate of drug-likeness (QED) is 0.529. The maximum Gasteiger partial charge on any atom is 0.333 e. The zero-order valence-corrected chi connectivity index (χ0v) is 17.6. The molecule has 3 aliphatic rings. The van der Waals surface area contributed by atoms with Gasteiger partial charge in [-0.15, -0.1) is 11.3 Å². The number of carbonyl (C=O) groups excluding carboxylic acids is 3. The van der Waals surface area contributed by atoms with Gasteiger partial charge >= 0.3 is 6.03 Å². The predicted octanol–water partition coefficient (Wildman–Crippen LogP) is 4.39. The molecule has 0 atom stereocenters. The summed E-state index contributed by atoms with van der Waals surface area (Å²) < 4.78 is 0. The molecule has 156 valence electrons. The molecule has 7 heteroatoms. The van der Waals surface area contributed by atoms with E-state index in [0.29, 0.717) is 6.54 Å². The number of carbonyl (C=O) groups is 3. The maximum absolute atomic E-state index is 13.3. The summed E-state index contributed by atoms with van der Waals surface area (Å²) in [6, 6.07) is 3.38. The van der Waals surface area contributed by atoms with Crippen molar-refractivity contribution < 1.29 is 14.4 Å². The highest BCUT2D eigenvalue weighted by molar-refractivity contribution is 7.09.